The van der Waals surface area contributed by atoms with Crippen LogP contribution in [0.4, 0.5) is 0 Å². The van der Waals surface area contributed by atoms with Gasteiger partial charge < -0.3 is 0 Å². The molecule has 84 valence electrons. The highest BCUT2D eigenvalue weighted by molar-refractivity contribution is 5.30. The highest BCUT2D eigenvalue weighted by atomic mass is 14.2. The van der Waals surface area contributed by atoms with Gasteiger partial charge in [0.25, 0.3) is 0 Å². The summed E-state index contributed by atoms with van der Waals surface area (Å²) in [5.74, 6) is 0.626. The second kappa shape index (κ2) is 5.69. The van der Waals surface area contributed by atoms with Crippen molar-refractivity contribution in [1.29, 1.82) is 0 Å². The first-order chi connectivity index (χ1) is 7.92. The number of benzene rings is 1. The van der Waals surface area contributed by atoms with Gasteiger partial charge >= 0.3 is 0 Å². The molecule has 0 saturated heterocycles. The summed E-state index contributed by atoms with van der Waals surface area (Å²) in [6.07, 6.45) is 11.8. The van der Waals surface area contributed by atoms with Gasteiger partial charge in [-0.15, -0.1) is 0 Å². The normalized spacial score (nSPS) is 17.7. The summed E-state index contributed by atoms with van der Waals surface area (Å²) >= 11 is 0. The largest absolute Gasteiger partial charge is 0.0879 e. The van der Waals surface area contributed by atoms with Gasteiger partial charge in [-0.05, 0) is 31.2 Å². The molecule has 1 atom stereocenters. The van der Waals surface area contributed by atoms with Crippen LogP contribution in [0, 0.1) is 0 Å². The van der Waals surface area contributed by atoms with Crippen molar-refractivity contribution in [3.8, 4) is 0 Å². The summed E-state index contributed by atoms with van der Waals surface area (Å²) in [4.78, 5) is 0. The minimum absolute atomic E-state index is 0.626. The first kappa shape index (κ1) is 11.2. The first-order valence-corrected chi connectivity index (χ1v) is 6.30. The Morgan fingerprint density at radius 1 is 1.12 bits per heavy atom. The summed E-state index contributed by atoms with van der Waals surface area (Å²) in [5.41, 5.74) is 3.09. The third-order valence-corrected chi connectivity index (χ3v) is 3.34. The van der Waals surface area contributed by atoms with Crippen molar-refractivity contribution in [2.45, 2.75) is 38.5 Å². The molecule has 1 aromatic rings. The van der Waals surface area contributed by atoms with Gasteiger partial charge in [-0.2, -0.15) is 0 Å². The Morgan fingerprint density at radius 2 is 1.94 bits per heavy atom. The van der Waals surface area contributed by atoms with Gasteiger partial charge in [-0.25, -0.2) is 0 Å². The van der Waals surface area contributed by atoms with Crippen molar-refractivity contribution >= 4 is 0 Å². The maximum atomic E-state index is 2.42. The molecule has 0 radical (unpaired) electrons. The van der Waals surface area contributed by atoms with Gasteiger partial charge in [0.05, 0.1) is 0 Å². The zero-order chi connectivity index (χ0) is 11.2. The quantitative estimate of drug-likeness (QED) is 0.628. The molecule has 0 aromatic heterocycles. The van der Waals surface area contributed by atoms with Crippen LogP contribution in [0.2, 0.25) is 0 Å². The molecule has 1 aliphatic rings. The van der Waals surface area contributed by atoms with Crippen LogP contribution >= 0.6 is 0 Å². The molecular weight excluding hydrogens is 192 g/mol. The Labute approximate surface area is 98.7 Å². The van der Waals surface area contributed by atoms with E-state index in [-0.39, 0.29) is 0 Å². The average Bonchev–Trinajstić information content (AvgIpc) is 2.61. The molecule has 0 nitrogen and oxygen atoms in total. The maximum absolute atomic E-state index is 2.42. The molecule has 0 saturated carbocycles. The third-order valence-electron chi connectivity index (χ3n) is 3.34. The standard InChI is InChI=1S/C16H20/c1-2-16(15-12-8-5-9-13-15)14-10-6-3-4-7-11-14/h3-5,8-10,12-13,16H,2,6-7,11H2,1H3. The lowest BCUT2D eigenvalue weighted by Crippen LogP contribution is -2.01. The van der Waals surface area contributed by atoms with E-state index in [9.17, 15) is 0 Å². The van der Waals surface area contributed by atoms with Gasteiger partial charge in [0.1, 0.15) is 0 Å². The van der Waals surface area contributed by atoms with Crippen LogP contribution in [-0.4, -0.2) is 0 Å². The lowest BCUT2D eigenvalue weighted by Gasteiger charge is -2.19. The minimum atomic E-state index is 0.626. The van der Waals surface area contributed by atoms with Crippen LogP contribution in [0.3, 0.4) is 0 Å². The fourth-order valence-corrected chi connectivity index (χ4v) is 2.50. The van der Waals surface area contributed by atoms with Crippen LogP contribution in [0.15, 0.2) is 54.1 Å². The topological polar surface area (TPSA) is 0 Å². The van der Waals surface area contributed by atoms with E-state index < -0.39 is 0 Å². The third kappa shape index (κ3) is 2.63. The number of hydrogen-bond donors (Lipinski definition) is 0. The lowest BCUT2D eigenvalue weighted by molar-refractivity contribution is 0.716. The monoisotopic (exact) mass is 212 g/mol. The fourth-order valence-electron chi connectivity index (χ4n) is 2.50. The second-order valence-electron chi connectivity index (χ2n) is 4.40. The Bertz CT molecular complexity index is 370. The SMILES string of the molecule is CCC(C1=CCC=CCC1)c1ccccc1. The molecule has 1 aliphatic carbocycles. The Hall–Kier alpha value is -1.30. The zero-order valence-electron chi connectivity index (χ0n) is 10.0. The lowest BCUT2D eigenvalue weighted by atomic mass is 9.86. The van der Waals surface area contributed by atoms with Crippen molar-refractivity contribution in [2.24, 2.45) is 0 Å². The molecule has 16 heavy (non-hydrogen) atoms. The van der Waals surface area contributed by atoms with Crippen molar-refractivity contribution in [3.05, 3.63) is 59.7 Å². The molecule has 0 aliphatic heterocycles. The predicted octanol–water partition coefficient (Wildman–Crippen LogP) is 4.85. The maximum Gasteiger partial charge on any atom is 0.00457 e. The van der Waals surface area contributed by atoms with E-state index >= 15 is 0 Å². The van der Waals surface area contributed by atoms with E-state index in [1.54, 1.807) is 5.57 Å². The first-order valence-electron chi connectivity index (χ1n) is 6.30. The second-order valence-corrected chi connectivity index (χ2v) is 4.40. The highest BCUT2D eigenvalue weighted by Crippen LogP contribution is 2.31. The van der Waals surface area contributed by atoms with E-state index in [0.29, 0.717) is 5.92 Å². The molecule has 0 bridgehead atoms. The van der Waals surface area contributed by atoms with Crippen LogP contribution in [0.1, 0.15) is 44.1 Å². The number of allylic oxidation sites excluding steroid dienone is 4. The summed E-state index contributed by atoms with van der Waals surface area (Å²) in [7, 11) is 0. The summed E-state index contributed by atoms with van der Waals surface area (Å²) < 4.78 is 0. The Kier molecular flexibility index (Phi) is 3.98. The smallest absolute Gasteiger partial charge is 0.00457 e. The molecule has 0 amide bonds. The molecule has 1 aromatic carbocycles. The zero-order valence-corrected chi connectivity index (χ0v) is 10.0. The summed E-state index contributed by atoms with van der Waals surface area (Å²) in [5, 5.41) is 0. The van der Waals surface area contributed by atoms with E-state index in [4.69, 9.17) is 0 Å². The average molecular weight is 212 g/mol. The van der Waals surface area contributed by atoms with Gasteiger partial charge in [-0.3, -0.25) is 0 Å². The van der Waals surface area contributed by atoms with Crippen LogP contribution < -0.4 is 0 Å². The molecular formula is C16H20. The van der Waals surface area contributed by atoms with Gasteiger partial charge in [0, 0.05) is 5.92 Å². The summed E-state index contributed by atoms with van der Waals surface area (Å²) in [6.45, 7) is 2.29. The molecule has 0 heterocycles. The molecule has 0 N–H and O–H groups in total. The van der Waals surface area contributed by atoms with Crippen LogP contribution in [0.25, 0.3) is 0 Å². The summed E-state index contributed by atoms with van der Waals surface area (Å²) in [6, 6.07) is 10.9. The molecule has 2 rings (SSSR count). The van der Waals surface area contributed by atoms with Crippen molar-refractivity contribution in [2.75, 3.05) is 0 Å². The molecule has 0 fully saturated rings. The van der Waals surface area contributed by atoms with Gasteiger partial charge in [-0.1, -0.05) is 61.1 Å². The van der Waals surface area contributed by atoms with E-state index in [1.165, 1.54) is 24.8 Å². The van der Waals surface area contributed by atoms with E-state index in [0.717, 1.165) is 6.42 Å². The van der Waals surface area contributed by atoms with Gasteiger partial charge in [0.15, 0.2) is 0 Å². The molecule has 0 spiro atoms. The molecule has 0 heteroatoms. The van der Waals surface area contributed by atoms with Crippen molar-refractivity contribution in [1.82, 2.24) is 0 Å². The van der Waals surface area contributed by atoms with Crippen LogP contribution in [-0.2, 0) is 0 Å². The van der Waals surface area contributed by atoms with E-state index in [2.05, 4.69) is 55.5 Å². The number of hydrogen-bond acceptors (Lipinski definition) is 0. The fraction of sp³-hybridized carbons (Fsp3) is 0.375. The van der Waals surface area contributed by atoms with Crippen LogP contribution in [0.5, 0.6) is 0 Å². The van der Waals surface area contributed by atoms with E-state index in [1.807, 2.05) is 0 Å². The Morgan fingerprint density at radius 3 is 2.69 bits per heavy atom. The molecule has 1 unspecified atom stereocenters. The van der Waals surface area contributed by atoms with Crippen molar-refractivity contribution < 1.29 is 0 Å². The minimum Gasteiger partial charge on any atom is -0.0879 e. The highest BCUT2D eigenvalue weighted by Gasteiger charge is 2.14. The predicted molar refractivity (Wildman–Crippen MR) is 70.5 cm³/mol. The Balaban J connectivity index is 2.20. The van der Waals surface area contributed by atoms with Crippen molar-refractivity contribution in [3.63, 3.8) is 0 Å². The number of rotatable bonds is 3. The van der Waals surface area contributed by atoms with Gasteiger partial charge in [0.2, 0.25) is 0 Å².